The van der Waals surface area contributed by atoms with Crippen molar-refractivity contribution in [2.24, 2.45) is 0 Å². The van der Waals surface area contributed by atoms with E-state index in [4.69, 9.17) is 23.2 Å². The molecule has 2 aromatic carbocycles. The third-order valence-corrected chi connectivity index (χ3v) is 7.25. The highest BCUT2D eigenvalue weighted by Crippen LogP contribution is 2.33. The molecule has 0 radical (unpaired) electrons. The maximum atomic E-state index is 13.4. The molecule has 11 heteroatoms. The minimum atomic E-state index is -3.94. The number of amides is 2. The Morgan fingerprint density at radius 2 is 1.71 bits per heavy atom. The number of sulfonamides is 1. The van der Waals surface area contributed by atoms with Crippen LogP contribution in [0.1, 0.15) is 32.8 Å². The van der Waals surface area contributed by atoms with E-state index in [-0.39, 0.29) is 28.3 Å². The van der Waals surface area contributed by atoms with Crippen molar-refractivity contribution >= 4 is 50.7 Å². The zero-order valence-electron chi connectivity index (χ0n) is 19.4. The molecule has 34 heavy (non-hydrogen) atoms. The van der Waals surface area contributed by atoms with E-state index in [0.717, 1.165) is 10.6 Å². The lowest BCUT2D eigenvalue weighted by Gasteiger charge is -2.32. The fraction of sp³-hybridized carbons (Fsp3) is 0.391. The molecular weight excluding hydrogens is 504 g/mol. The number of nitrogens with one attached hydrogen (secondary N) is 1. The summed E-state index contributed by atoms with van der Waals surface area (Å²) < 4.78 is 39.4. The Morgan fingerprint density at radius 1 is 1.09 bits per heavy atom. The van der Waals surface area contributed by atoms with Crippen LogP contribution in [0.2, 0.25) is 10.0 Å². The number of halogens is 3. The zero-order valence-corrected chi connectivity index (χ0v) is 21.7. The van der Waals surface area contributed by atoms with Crippen molar-refractivity contribution < 1.29 is 22.4 Å². The number of carbonyl (C=O) groups is 2. The molecule has 0 aliphatic heterocycles. The molecule has 2 amide bonds. The van der Waals surface area contributed by atoms with Crippen LogP contribution in [0.25, 0.3) is 0 Å². The van der Waals surface area contributed by atoms with E-state index in [2.05, 4.69) is 5.32 Å². The summed E-state index contributed by atoms with van der Waals surface area (Å²) in [5.74, 6) is -1.47. The van der Waals surface area contributed by atoms with Gasteiger partial charge in [-0.25, -0.2) is 12.8 Å². The summed E-state index contributed by atoms with van der Waals surface area (Å²) in [7, 11) is -3.94. The van der Waals surface area contributed by atoms with Crippen LogP contribution >= 0.6 is 23.2 Å². The molecule has 0 saturated carbocycles. The van der Waals surface area contributed by atoms with Crippen molar-refractivity contribution in [1.29, 1.82) is 0 Å². The van der Waals surface area contributed by atoms with Gasteiger partial charge in [0.1, 0.15) is 18.4 Å². The standard InChI is InChI=1S/C23H28Cl2FN3O4S/c1-5-15(2)27-23(31)16(3)28(13-17-9-11-18(26)12-10-17)21(30)14-29(34(4,32)33)20-8-6-7-19(24)22(20)25/h6-12,15-16H,5,13-14H2,1-4H3,(H,27,31)/t15-,16+/m1/s1. The number of rotatable bonds is 10. The van der Waals surface area contributed by atoms with Gasteiger partial charge >= 0.3 is 0 Å². The third kappa shape index (κ3) is 7.32. The van der Waals surface area contributed by atoms with Crippen LogP contribution in [-0.2, 0) is 26.2 Å². The van der Waals surface area contributed by atoms with Gasteiger partial charge in [0.2, 0.25) is 21.8 Å². The summed E-state index contributed by atoms with van der Waals surface area (Å²) in [6.07, 6.45) is 1.64. The summed E-state index contributed by atoms with van der Waals surface area (Å²) in [6.45, 7) is 4.66. The molecule has 0 heterocycles. The number of benzene rings is 2. The molecule has 0 spiro atoms. The minimum absolute atomic E-state index is 0.0185. The first-order valence-corrected chi connectivity index (χ1v) is 13.2. The van der Waals surface area contributed by atoms with Crippen LogP contribution in [0, 0.1) is 5.82 Å². The summed E-state index contributed by atoms with van der Waals surface area (Å²) in [5, 5.41) is 2.94. The average molecular weight is 532 g/mol. The van der Waals surface area contributed by atoms with Gasteiger partial charge in [-0.1, -0.05) is 48.3 Å². The summed E-state index contributed by atoms with van der Waals surface area (Å²) in [4.78, 5) is 27.5. The second kappa shape index (κ2) is 11.9. The molecule has 0 aromatic heterocycles. The van der Waals surface area contributed by atoms with Gasteiger partial charge in [-0.2, -0.15) is 0 Å². The van der Waals surface area contributed by atoms with Crippen molar-refractivity contribution in [3.63, 3.8) is 0 Å². The molecule has 0 bridgehead atoms. The Kier molecular flexibility index (Phi) is 9.73. The molecule has 2 rings (SSSR count). The van der Waals surface area contributed by atoms with Gasteiger partial charge in [0, 0.05) is 12.6 Å². The normalized spacial score (nSPS) is 13.1. The lowest BCUT2D eigenvalue weighted by atomic mass is 10.1. The number of hydrogen-bond donors (Lipinski definition) is 1. The highest BCUT2D eigenvalue weighted by atomic mass is 35.5. The number of nitrogens with zero attached hydrogens (tertiary/aromatic N) is 2. The summed E-state index contributed by atoms with van der Waals surface area (Å²) in [5.41, 5.74) is 0.619. The van der Waals surface area contributed by atoms with Gasteiger partial charge in [-0.15, -0.1) is 0 Å². The molecule has 0 aliphatic rings. The highest BCUT2D eigenvalue weighted by molar-refractivity contribution is 7.92. The number of carbonyl (C=O) groups excluding carboxylic acids is 2. The predicted octanol–water partition coefficient (Wildman–Crippen LogP) is 4.23. The van der Waals surface area contributed by atoms with Crippen molar-refractivity contribution in [3.8, 4) is 0 Å². The fourth-order valence-corrected chi connectivity index (χ4v) is 4.42. The highest BCUT2D eigenvalue weighted by Gasteiger charge is 2.31. The zero-order chi connectivity index (χ0) is 25.6. The van der Waals surface area contributed by atoms with Crippen molar-refractivity contribution in [2.45, 2.75) is 45.8 Å². The molecule has 0 fully saturated rings. The van der Waals surface area contributed by atoms with Crippen LogP contribution in [0.5, 0.6) is 0 Å². The fourth-order valence-electron chi connectivity index (χ4n) is 3.11. The van der Waals surface area contributed by atoms with Gasteiger partial charge in [-0.3, -0.25) is 13.9 Å². The van der Waals surface area contributed by atoms with E-state index >= 15 is 0 Å². The van der Waals surface area contributed by atoms with Gasteiger partial charge in [0.05, 0.1) is 22.0 Å². The number of hydrogen-bond acceptors (Lipinski definition) is 4. The Balaban J connectivity index is 2.42. The van der Waals surface area contributed by atoms with Crippen molar-refractivity contribution in [1.82, 2.24) is 10.2 Å². The van der Waals surface area contributed by atoms with Gasteiger partial charge in [0.25, 0.3) is 0 Å². The summed E-state index contributed by atoms with van der Waals surface area (Å²) >= 11 is 12.3. The Labute approximate surface area is 209 Å². The van der Waals surface area contributed by atoms with E-state index < -0.39 is 40.2 Å². The Bertz CT molecular complexity index is 1130. The van der Waals surface area contributed by atoms with Crippen LogP contribution in [0.15, 0.2) is 42.5 Å². The first kappa shape index (κ1) is 27.9. The lowest BCUT2D eigenvalue weighted by molar-refractivity contribution is -0.139. The maximum Gasteiger partial charge on any atom is 0.244 e. The number of anilines is 1. The molecule has 0 aliphatic carbocycles. The van der Waals surface area contributed by atoms with Crippen LogP contribution in [0.4, 0.5) is 10.1 Å². The second-order valence-electron chi connectivity index (χ2n) is 7.98. The molecule has 7 nitrogen and oxygen atoms in total. The molecule has 186 valence electrons. The van der Waals surface area contributed by atoms with Crippen molar-refractivity contribution in [3.05, 3.63) is 63.9 Å². The smallest absolute Gasteiger partial charge is 0.244 e. The summed E-state index contributed by atoms with van der Waals surface area (Å²) in [6, 6.07) is 8.90. The first-order chi connectivity index (χ1) is 15.8. The predicted molar refractivity (Wildman–Crippen MR) is 133 cm³/mol. The second-order valence-corrected chi connectivity index (χ2v) is 10.7. The quantitative estimate of drug-likeness (QED) is 0.496. The lowest BCUT2D eigenvalue weighted by Crippen LogP contribution is -2.52. The monoisotopic (exact) mass is 531 g/mol. The molecule has 0 saturated heterocycles. The van der Waals surface area contributed by atoms with E-state index in [1.165, 1.54) is 47.4 Å². The van der Waals surface area contributed by atoms with Crippen molar-refractivity contribution in [2.75, 3.05) is 17.1 Å². The molecule has 2 aromatic rings. The SMILES string of the molecule is CC[C@@H](C)NC(=O)[C@H](C)N(Cc1ccc(F)cc1)C(=O)CN(c1cccc(Cl)c1Cl)S(C)(=O)=O. The average Bonchev–Trinajstić information content (AvgIpc) is 2.77. The van der Waals surface area contributed by atoms with Crippen LogP contribution < -0.4 is 9.62 Å². The van der Waals surface area contributed by atoms with E-state index in [1.54, 1.807) is 6.92 Å². The third-order valence-electron chi connectivity index (χ3n) is 5.31. The van der Waals surface area contributed by atoms with E-state index in [1.807, 2.05) is 13.8 Å². The molecule has 2 atom stereocenters. The van der Waals surface area contributed by atoms with E-state index in [0.29, 0.717) is 12.0 Å². The van der Waals surface area contributed by atoms with Gasteiger partial charge in [0.15, 0.2) is 0 Å². The Hall–Kier alpha value is -2.36. The topological polar surface area (TPSA) is 86.8 Å². The van der Waals surface area contributed by atoms with Gasteiger partial charge in [-0.05, 0) is 50.1 Å². The molecule has 1 N–H and O–H groups in total. The first-order valence-electron chi connectivity index (χ1n) is 10.6. The largest absolute Gasteiger partial charge is 0.352 e. The molecule has 0 unspecified atom stereocenters. The Morgan fingerprint density at radius 3 is 2.26 bits per heavy atom. The minimum Gasteiger partial charge on any atom is -0.352 e. The van der Waals surface area contributed by atoms with Gasteiger partial charge < -0.3 is 10.2 Å². The van der Waals surface area contributed by atoms with Crippen LogP contribution in [-0.4, -0.2) is 50.0 Å². The van der Waals surface area contributed by atoms with E-state index in [9.17, 15) is 22.4 Å². The molecular formula is C23H28Cl2FN3O4S. The maximum absolute atomic E-state index is 13.4. The van der Waals surface area contributed by atoms with Crippen LogP contribution in [0.3, 0.4) is 0 Å².